The van der Waals surface area contributed by atoms with Crippen LogP contribution in [-0.2, 0) is 0 Å². The standard InChI is InChI=1S/C9H10F5NS/c10-16(11,12,13,14)9-4-7(6-1-2-6)3-8(15)5-9/h3-6H,1-2,15H2. The number of nitrogens with two attached hydrogens (primary N) is 1. The van der Waals surface area contributed by atoms with Crippen LogP contribution in [0.1, 0.15) is 24.3 Å². The molecule has 1 aromatic carbocycles. The second kappa shape index (κ2) is 2.47. The highest BCUT2D eigenvalue weighted by molar-refractivity contribution is 8.45. The van der Waals surface area contributed by atoms with E-state index in [0.717, 1.165) is 12.8 Å². The van der Waals surface area contributed by atoms with Crippen LogP contribution in [0.15, 0.2) is 23.1 Å². The first-order valence-corrected chi connectivity index (χ1v) is 6.55. The van der Waals surface area contributed by atoms with Crippen molar-refractivity contribution in [2.45, 2.75) is 23.7 Å². The molecule has 0 aliphatic heterocycles. The first kappa shape index (κ1) is 11.5. The van der Waals surface area contributed by atoms with Crippen LogP contribution in [0.25, 0.3) is 0 Å². The molecule has 0 aromatic heterocycles. The minimum atomic E-state index is -9.60. The lowest BCUT2D eigenvalue weighted by Crippen LogP contribution is -2.07. The van der Waals surface area contributed by atoms with Gasteiger partial charge in [-0.25, -0.2) is 0 Å². The number of benzene rings is 1. The summed E-state index contributed by atoms with van der Waals surface area (Å²) in [5, 5.41) is 0. The van der Waals surface area contributed by atoms with Gasteiger partial charge in [0.1, 0.15) is 4.90 Å². The molecule has 2 N–H and O–H groups in total. The molecule has 7 heteroatoms. The smallest absolute Gasteiger partial charge is 0.310 e. The van der Waals surface area contributed by atoms with E-state index in [1.807, 2.05) is 0 Å². The third kappa shape index (κ3) is 2.40. The molecule has 1 nitrogen and oxygen atoms in total. The van der Waals surface area contributed by atoms with Crippen molar-refractivity contribution in [3.63, 3.8) is 0 Å². The zero-order valence-electron chi connectivity index (χ0n) is 8.10. The molecule has 1 aromatic rings. The van der Waals surface area contributed by atoms with Gasteiger partial charge in [-0.05, 0) is 42.5 Å². The van der Waals surface area contributed by atoms with Crippen molar-refractivity contribution < 1.29 is 19.4 Å². The minimum Gasteiger partial charge on any atom is -0.399 e. The largest absolute Gasteiger partial charge is 0.399 e. The van der Waals surface area contributed by atoms with Crippen molar-refractivity contribution >= 4 is 15.9 Å². The van der Waals surface area contributed by atoms with Gasteiger partial charge in [0, 0.05) is 5.69 Å². The van der Waals surface area contributed by atoms with Crippen molar-refractivity contribution in [1.82, 2.24) is 0 Å². The summed E-state index contributed by atoms with van der Waals surface area (Å²) in [6, 6.07) is 2.15. The summed E-state index contributed by atoms with van der Waals surface area (Å²) in [5.41, 5.74) is 5.21. The van der Waals surface area contributed by atoms with Gasteiger partial charge in [-0.3, -0.25) is 0 Å². The van der Waals surface area contributed by atoms with Gasteiger partial charge in [-0.1, -0.05) is 19.4 Å². The molecule has 1 fully saturated rings. The number of hydrogen-bond acceptors (Lipinski definition) is 1. The van der Waals surface area contributed by atoms with E-state index in [1.54, 1.807) is 0 Å². The Kier molecular flexibility index (Phi) is 1.78. The number of hydrogen-bond donors (Lipinski definition) is 1. The van der Waals surface area contributed by atoms with Crippen LogP contribution in [0.5, 0.6) is 0 Å². The summed E-state index contributed by atoms with van der Waals surface area (Å²) in [7, 11) is -9.60. The lowest BCUT2D eigenvalue weighted by molar-refractivity contribution is 0.364. The van der Waals surface area contributed by atoms with Crippen molar-refractivity contribution in [2.75, 3.05) is 5.73 Å². The summed E-state index contributed by atoms with van der Waals surface area (Å²) in [6.45, 7) is 0. The molecule has 0 spiro atoms. The highest BCUT2D eigenvalue weighted by atomic mass is 32.5. The molecule has 16 heavy (non-hydrogen) atoms. The maximum absolute atomic E-state index is 12.5. The molecule has 0 amide bonds. The van der Waals surface area contributed by atoms with Crippen molar-refractivity contribution in [3.8, 4) is 0 Å². The topological polar surface area (TPSA) is 26.0 Å². The summed E-state index contributed by atoms with van der Waals surface area (Å²) in [6.07, 6.45) is 1.45. The van der Waals surface area contributed by atoms with Gasteiger partial charge in [-0.15, -0.1) is 0 Å². The van der Waals surface area contributed by atoms with E-state index >= 15 is 0 Å². The molecule has 0 heterocycles. The van der Waals surface area contributed by atoms with Crippen molar-refractivity contribution in [1.29, 1.82) is 0 Å². The third-order valence-corrected chi connectivity index (χ3v) is 3.57. The fraction of sp³-hybridized carbons (Fsp3) is 0.333. The number of anilines is 1. The van der Waals surface area contributed by atoms with Crippen molar-refractivity contribution in [2.24, 2.45) is 0 Å². The Hall–Kier alpha value is -0.980. The van der Waals surface area contributed by atoms with Gasteiger partial charge < -0.3 is 5.73 Å². The molecule has 1 saturated carbocycles. The molecule has 1 aliphatic carbocycles. The van der Waals surface area contributed by atoms with E-state index < -0.39 is 15.1 Å². The van der Waals surface area contributed by atoms with E-state index in [-0.39, 0.29) is 17.2 Å². The Morgan fingerprint density at radius 2 is 1.56 bits per heavy atom. The van der Waals surface area contributed by atoms with Gasteiger partial charge in [-0.2, -0.15) is 0 Å². The second-order valence-electron chi connectivity index (χ2n) is 4.08. The Balaban J connectivity index is 2.58. The van der Waals surface area contributed by atoms with Gasteiger partial charge in [0.2, 0.25) is 0 Å². The molecular formula is C9H10F5NS. The molecule has 0 bridgehead atoms. The van der Waals surface area contributed by atoms with E-state index in [9.17, 15) is 19.4 Å². The summed E-state index contributed by atoms with van der Waals surface area (Å²) in [5.74, 6) is -0.0535. The highest BCUT2D eigenvalue weighted by Crippen LogP contribution is 3.02. The monoisotopic (exact) mass is 259 g/mol. The van der Waals surface area contributed by atoms with Crippen LogP contribution in [0.3, 0.4) is 0 Å². The molecule has 0 radical (unpaired) electrons. The van der Waals surface area contributed by atoms with Crippen molar-refractivity contribution in [3.05, 3.63) is 23.8 Å². The van der Waals surface area contributed by atoms with E-state index in [2.05, 4.69) is 0 Å². The van der Waals surface area contributed by atoms with E-state index in [0.29, 0.717) is 12.1 Å². The van der Waals surface area contributed by atoms with Crippen LogP contribution in [0.2, 0.25) is 0 Å². The van der Waals surface area contributed by atoms with Crippen LogP contribution in [0, 0.1) is 0 Å². The quantitative estimate of drug-likeness (QED) is 0.599. The highest BCUT2D eigenvalue weighted by Gasteiger charge is 2.65. The lowest BCUT2D eigenvalue weighted by Gasteiger charge is -2.40. The Bertz CT molecular complexity index is 448. The zero-order chi connectivity index (χ0) is 12.3. The number of nitrogen functional groups attached to an aromatic ring is 1. The van der Waals surface area contributed by atoms with Gasteiger partial charge in [0.15, 0.2) is 0 Å². The normalized spacial score (nSPS) is 21.3. The summed E-state index contributed by atoms with van der Waals surface area (Å²) < 4.78 is 62.7. The second-order valence-corrected chi connectivity index (χ2v) is 6.49. The Morgan fingerprint density at radius 3 is 2.00 bits per heavy atom. The number of rotatable bonds is 2. The van der Waals surface area contributed by atoms with Gasteiger partial charge >= 0.3 is 10.2 Å². The molecule has 0 atom stereocenters. The molecule has 0 saturated heterocycles. The molecule has 2 rings (SSSR count). The first-order valence-electron chi connectivity index (χ1n) is 4.60. The number of halogens is 5. The molecule has 92 valence electrons. The SMILES string of the molecule is Nc1cc(C2CC2)cc(S(F)(F)(F)(F)F)c1. The zero-order valence-corrected chi connectivity index (χ0v) is 8.92. The average molecular weight is 259 g/mol. The third-order valence-electron chi connectivity index (χ3n) is 2.45. The van der Waals surface area contributed by atoms with Gasteiger partial charge in [0.25, 0.3) is 0 Å². The van der Waals surface area contributed by atoms with Gasteiger partial charge in [0.05, 0.1) is 0 Å². The first-order chi connectivity index (χ1) is 6.95. The summed E-state index contributed by atoms with van der Waals surface area (Å²) >= 11 is 0. The summed E-state index contributed by atoms with van der Waals surface area (Å²) in [4.78, 5) is -1.89. The average Bonchev–Trinajstić information content (AvgIpc) is 2.80. The Labute approximate surface area is 89.2 Å². The predicted molar refractivity (Wildman–Crippen MR) is 54.2 cm³/mol. The molecular weight excluding hydrogens is 249 g/mol. The molecule has 0 unspecified atom stereocenters. The fourth-order valence-corrected chi connectivity index (χ4v) is 2.24. The van der Waals surface area contributed by atoms with E-state index in [1.165, 1.54) is 6.07 Å². The van der Waals surface area contributed by atoms with E-state index in [4.69, 9.17) is 5.73 Å². The lowest BCUT2D eigenvalue weighted by atomic mass is 10.1. The minimum absolute atomic E-state index is 0.0535. The van der Waals surface area contributed by atoms with Crippen LogP contribution >= 0.6 is 10.2 Å². The van der Waals surface area contributed by atoms with Crippen LogP contribution < -0.4 is 5.73 Å². The predicted octanol–water partition coefficient (Wildman–Crippen LogP) is 4.80. The van der Waals surface area contributed by atoms with Crippen LogP contribution in [-0.4, -0.2) is 0 Å². The Morgan fingerprint density at radius 1 is 1.00 bits per heavy atom. The fourth-order valence-electron chi connectivity index (χ4n) is 1.52. The maximum Gasteiger partial charge on any atom is 0.310 e. The maximum atomic E-state index is 12.5. The molecule has 1 aliphatic rings. The van der Waals surface area contributed by atoms with Crippen LogP contribution in [0.4, 0.5) is 25.1 Å².